The van der Waals surface area contributed by atoms with E-state index in [4.69, 9.17) is 0 Å². The third-order valence-corrected chi connectivity index (χ3v) is 6.11. The number of aromatic amines is 1. The van der Waals surface area contributed by atoms with Gasteiger partial charge in [-0.05, 0) is 42.8 Å². The van der Waals surface area contributed by atoms with Gasteiger partial charge < -0.3 is 20.1 Å². The van der Waals surface area contributed by atoms with E-state index in [1.54, 1.807) is 4.90 Å². The molecule has 0 bridgehead atoms. The third-order valence-electron chi connectivity index (χ3n) is 6.11. The third kappa shape index (κ3) is 5.08. The van der Waals surface area contributed by atoms with Crippen molar-refractivity contribution in [1.82, 2.24) is 20.1 Å². The first-order valence-corrected chi connectivity index (χ1v) is 11.1. The van der Waals surface area contributed by atoms with Crippen LogP contribution in [0.15, 0.2) is 60.7 Å². The lowest BCUT2D eigenvalue weighted by Gasteiger charge is -2.32. The van der Waals surface area contributed by atoms with E-state index in [1.165, 1.54) is 11.1 Å². The summed E-state index contributed by atoms with van der Waals surface area (Å²) in [7, 11) is 0. The van der Waals surface area contributed by atoms with Crippen LogP contribution in [-0.2, 0) is 11.3 Å². The van der Waals surface area contributed by atoms with E-state index < -0.39 is 0 Å². The topological polar surface area (TPSA) is 68.4 Å². The summed E-state index contributed by atoms with van der Waals surface area (Å²) in [5, 5.41) is 4.05. The molecule has 4 rings (SSSR count). The predicted molar refractivity (Wildman–Crippen MR) is 123 cm³/mol. The van der Waals surface area contributed by atoms with Crippen molar-refractivity contribution >= 4 is 22.8 Å². The molecule has 31 heavy (non-hydrogen) atoms. The highest BCUT2D eigenvalue weighted by Gasteiger charge is 2.25. The lowest BCUT2D eigenvalue weighted by atomic mass is 9.94. The van der Waals surface area contributed by atoms with E-state index in [2.05, 4.69) is 28.5 Å². The smallest absolute Gasteiger partial charge is 0.317 e. The monoisotopic (exact) mass is 418 g/mol. The Balaban J connectivity index is 1.25. The number of H-pyrrole nitrogens is 1. The Labute approximate surface area is 183 Å². The van der Waals surface area contributed by atoms with Gasteiger partial charge in [0.1, 0.15) is 0 Å². The largest absolute Gasteiger partial charge is 0.358 e. The number of amides is 3. The number of fused-ring (bicyclic) bond motifs is 1. The molecule has 3 amide bonds. The van der Waals surface area contributed by atoms with Gasteiger partial charge >= 0.3 is 6.03 Å². The van der Waals surface area contributed by atoms with Crippen molar-refractivity contribution < 1.29 is 9.59 Å². The van der Waals surface area contributed by atoms with Crippen LogP contribution < -0.4 is 5.32 Å². The molecule has 1 fully saturated rings. The van der Waals surface area contributed by atoms with Crippen LogP contribution in [0.2, 0.25) is 0 Å². The lowest BCUT2D eigenvalue weighted by Crippen LogP contribution is -2.47. The minimum absolute atomic E-state index is 0.0292. The highest BCUT2D eigenvalue weighted by Crippen LogP contribution is 2.29. The van der Waals surface area contributed by atoms with Crippen LogP contribution in [0.5, 0.6) is 0 Å². The minimum atomic E-state index is -0.154. The average Bonchev–Trinajstić information content (AvgIpc) is 3.26. The van der Waals surface area contributed by atoms with Crippen LogP contribution in [-0.4, -0.2) is 52.9 Å². The maximum Gasteiger partial charge on any atom is 0.317 e. The number of piperidine rings is 1. The first kappa shape index (κ1) is 21.0. The van der Waals surface area contributed by atoms with E-state index in [1.807, 2.05) is 54.3 Å². The zero-order valence-corrected chi connectivity index (χ0v) is 18.0. The number of likely N-dealkylation sites (tertiary alicyclic amines) is 1. The molecule has 2 heterocycles. The van der Waals surface area contributed by atoms with Gasteiger partial charge in [0.05, 0.1) is 6.54 Å². The fraction of sp³-hybridized carbons (Fsp3) is 0.360. The quantitative estimate of drug-likeness (QED) is 0.633. The molecule has 2 N–H and O–H groups in total. The predicted octanol–water partition coefficient (Wildman–Crippen LogP) is 4.11. The van der Waals surface area contributed by atoms with E-state index in [-0.39, 0.29) is 18.5 Å². The van der Waals surface area contributed by atoms with Gasteiger partial charge in [-0.3, -0.25) is 4.79 Å². The van der Waals surface area contributed by atoms with Crippen LogP contribution in [0.25, 0.3) is 10.9 Å². The fourth-order valence-corrected chi connectivity index (χ4v) is 4.26. The van der Waals surface area contributed by atoms with Gasteiger partial charge in [0.25, 0.3) is 0 Å². The van der Waals surface area contributed by atoms with Crippen molar-refractivity contribution in [3.05, 3.63) is 71.9 Å². The zero-order valence-electron chi connectivity index (χ0n) is 18.0. The van der Waals surface area contributed by atoms with Gasteiger partial charge in [0, 0.05) is 43.3 Å². The Morgan fingerprint density at radius 3 is 2.48 bits per heavy atom. The summed E-state index contributed by atoms with van der Waals surface area (Å²) in [4.78, 5) is 32.3. The number of nitrogens with one attached hydrogen (secondary N) is 2. The van der Waals surface area contributed by atoms with Gasteiger partial charge in [-0.1, -0.05) is 48.5 Å². The van der Waals surface area contributed by atoms with Crippen molar-refractivity contribution in [3.8, 4) is 0 Å². The summed E-state index contributed by atoms with van der Waals surface area (Å²) >= 11 is 0. The van der Waals surface area contributed by atoms with Gasteiger partial charge in [0.15, 0.2) is 0 Å². The first-order valence-electron chi connectivity index (χ1n) is 11.1. The number of aromatic nitrogens is 1. The number of urea groups is 1. The van der Waals surface area contributed by atoms with Crippen LogP contribution in [0, 0.1) is 0 Å². The molecule has 6 heteroatoms. The van der Waals surface area contributed by atoms with Crippen molar-refractivity contribution in [2.75, 3.05) is 26.2 Å². The van der Waals surface area contributed by atoms with Gasteiger partial charge in [-0.15, -0.1) is 0 Å². The molecule has 1 aliphatic heterocycles. The maximum atomic E-state index is 12.6. The van der Waals surface area contributed by atoms with Gasteiger partial charge in [-0.25, -0.2) is 4.79 Å². The van der Waals surface area contributed by atoms with Crippen molar-refractivity contribution in [1.29, 1.82) is 0 Å². The van der Waals surface area contributed by atoms with E-state index >= 15 is 0 Å². The summed E-state index contributed by atoms with van der Waals surface area (Å²) in [6.45, 7) is 4.55. The molecule has 6 nitrogen and oxygen atoms in total. The highest BCUT2D eigenvalue weighted by molar-refractivity contribution is 5.84. The summed E-state index contributed by atoms with van der Waals surface area (Å²) in [5.74, 6) is 0.368. The molecule has 1 saturated heterocycles. The molecule has 0 unspecified atom stereocenters. The molecule has 0 saturated carbocycles. The second-order valence-electron chi connectivity index (χ2n) is 8.13. The molecule has 0 atom stereocenters. The summed E-state index contributed by atoms with van der Waals surface area (Å²) in [6, 6.07) is 20.3. The van der Waals surface area contributed by atoms with E-state index in [0.717, 1.165) is 23.9 Å². The van der Waals surface area contributed by atoms with E-state index in [0.29, 0.717) is 32.1 Å². The number of hydrogen-bond donors (Lipinski definition) is 2. The molecule has 3 aromatic rings. The number of para-hydroxylation sites is 1. The Kier molecular flexibility index (Phi) is 6.55. The van der Waals surface area contributed by atoms with Crippen molar-refractivity contribution in [3.63, 3.8) is 0 Å². The number of carbonyl (C=O) groups excluding carboxylic acids is 2. The molecule has 0 aliphatic carbocycles. The minimum Gasteiger partial charge on any atom is -0.358 e. The molecule has 1 aromatic heterocycles. The molecule has 2 aromatic carbocycles. The van der Waals surface area contributed by atoms with Crippen molar-refractivity contribution in [2.45, 2.75) is 32.2 Å². The maximum absolute atomic E-state index is 12.6. The molecule has 0 spiro atoms. The van der Waals surface area contributed by atoms with Crippen LogP contribution in [0.4, 0.5) is 4.79 Å². The molecular formula is C25H30N4O2. The van der Waals surface area contributed by atoms with Crippen LogP contribution in [0.3, 0.4) is 0 Å². The van der Waals surface area contributed by atoms with Crippen LogP contribution in [0.1, 0.15) is 36.9 Å². The average molecular weight is 419 g/mol. The zero-order chi connectivity index (χ0) is 21.6. The Morgan fingerprint density at radius 1 is 1.06 bits per heavy atom. The highest BCUT2D eigenvalue weighted by atomic mass is 16.2. The first-order chi connectivity index (χ1) is 15.1. The summed E-state index contributed by atoms with van der Waals surface area (Å²) in [6.07, 6.45) is 1.84. The number of benzene rings is 2. The second-order valence-corrected chi connectivity index (χ2v) is 8.13. The molecular weight excluding hydrogens is 388 g/mol. The number of hydrogen-bond acceptors (Lipinski definition) is 2. The Hall–Kier alpha value is -3.28. The molecule has 1 aliphatic rings. The number of carbonyl (C=O) groups is 2. The van der Waals surface area contributed by atoms with Crippen LogP contribution >= 0.6 is 0 Å². The fourth-order valence-electron chi connectivity index (χ4n) is 4.26. The lowest BCUT2D eigenvalue weighted by molar-refractivity contribution is -0.130. The Bertz CT molecular complexity index is 989. The van der Waals surface area contributed by atoms with Crippen molar-refractivity contribution in [2.24, 2.45) is 0 Å². The molecule has 162 valence electrons. The van der Waals surface area contributed by atoms with Gasteiger partial charge in [-0.2, -0.15) is 0 Å². The van der Waals surface area contributed by atoms with E-state index in [9.17, 15) is 9.59 Å². The normalized spacial score (nSPS) is 14.5. The number of nitrogens with zero attached hydrogens (tertiary/aromatic N) is 2. The standard InChI is InChI=1S/C25H30N4O2/c1-2-28(18-19-8-4-3-5-9-19)24(30)17-26-25(31)29-14-12-20(13-15-29)23-16-21-10-6-7-11-22(21)27-23/h3-11,16,20,27H,2,12-15,17-18H2,1H3,(H,26,31). The summed E-state index contributed by atoms with van der Waals surface area (Å²) < 4.78 is 0. The second kappa shape index (κ2) is 9.69. The Morgan fingerprint density at radius 2 is 1.77 bits per heavy atom. The number of likely N-dealkylation sites (N-methyl/N-ethyl adjacent to an activating group) is 1. The van der Waals surface area contributed by atoms with Gasteiger partial charge in [0.2, 0.25) is 5.91 Å². The number of rotatable bonds is 6. The summed E-state index contributed by atoms with van der Waals surface area (Å²) in [5.41, 5.74) is 3.49. The molecule has 0 radical (unpaired) electrons. The SMILES string of the molecule is CCN(Cc1ccccc1)C(=O)CNC(=O)N1CCC(c2cc3ccccc3[nH]2)CC1.